The summed E-state index contributed by atoms with van der Waals surface area (Å²) in [6.45, 7) is 7.87. The molecule has 1 aromatic rings. The van der Waals surface area contributed by atoms with Crippen molar-refractivity contribution in [3.63, 3.8) is 0 Å². The van der Waals surface area contributed by atoms with Crippen molar-refractivity contribution < 1.29 is 14.3 Å². The van der Waals surface area contributed by atoms with E-state index in [0.717, 1.165) is 19.5 Å². The number of amides is 2. The van der Waals surface area contributed by atoms with Crippen LogP contribution in [-0.2, 0) is 9.53 Å². The van der Waals surface area contributed by atoms with Crippen LogP contribution in [0, 0.1) is 5.41 Å². The number of methoxy groups -OCH3 is 1. The Morgan fingerprint density at radius 2 is 1.96 bits per heavy atom. The van der Waals surface area contributed by atoms with E-state index in [4.69, 9.17) is 16.3 Å². The van der Waals surface area contributed by atoms with Crippen LogP contribution in [0.3, 0.4) is 0 Å². The fourth-order valence-corrected chi connectivity index (χ4v) is 3.39. The van der Waals surface area contributed by atoms with Crippen LogP contribution in [0.5, 0.6) is 0 Å². The maximum absolute atomic E-state index is 12.9. The van der Waals surface area contributed by atoms with Crippen molar-refractivity contribution in [3.05, 3.63) is 28.8 Å². The Bertz CT molecular complexity index is 680. The summed E-state index contributed by atoms with van der Waals surface area (Å²) in [4.78, 5) is 25.3. The molecular weight excluding hydrogens is 366 g/mol. The number of ether oxygens (including phenoxy) is 1. The van der Waals surface area contributed by atoms with Gasteiger partial charge in [0.25, 0.3) is 5.91 Å². The van der Waals surface area contributed by atoms with Gasteiger partial charge in [-0.15, -0.1) is 0 Å². The highest BCUT2D eigenvalue weighted by atomic mass is 35.5. The second-order valence-corrected chi connectivity index (χ2v) is 8.21. The lowest BCUT2D eigenvalue weighted by atomic mass is 9.78. The summed E-state index contributed by atoms with van der Waals surface area (Å²) in [5.41, 5.74) is 0.109. The van der Waals surface area contributed by atoms with Gasteiger partial charge in [-0.3, -0.25) is 9.59 Å². The van der Waals surface area contributed by atoms with Crippen LogP contribution in [0.2, 0.25) is 5.02 Å². The maximum atomic E-state index is 12.9. The molecule has 7 heteroatoms. The van der Waals surface area contributed by atoms with E-state index in [-0.39, 0.29) is 17.4 Å². The van der Waals surface area contributed by atoms with Crippen LogP contribution in [0.15, 0.2) is 18.2 Å². The fourth-order valence-electron chi connectivity index (χ4n) is 3.12. The molecule has 1 aromatic carbocycles. The van der Waals surface area contributed by atoms with Gasteiger partial charge in [0.1, 0.15) is 0 Å². The summed E-state index contributed by atoms with van der Waals surface area (Å²) in [5, 5.41) is 9.48. The van der Waals surface area contributed by atoms with E-state index in [2.05, 4.69) is 16.0 Å². The Balaban J connectivity index is 2.12. The lowest BCUT2D eigenvalue weighted by Crippen LogP contribution is -2.47. The first kappa shape index (κ1) is 21.7. The van der Waals surface area contributed by atoms with Crippen LogP contribution in [0.1, 0.15) is 50.4 Å². The molecule has 1 saturated heterocycles. The molecule has 0 unspecified atom stereocenters. The molecule has 0 bridgehead atoms. The van der Waals surface area contributed by atoms with Crippen LogP contribution in [-0.4, -0.2) is 44.2 Å². The summed E-state index contributed by atoms with van der Waals surface area (Å²) in [6, 6.07) is 4.97. The number of carbonyl (C=O) groups is 2. The van der Waals surface area contributed by atoms with E-state index in [1.54, 1.807) is 25.3 Å². The highest BCUT2D eigenvalue weighted by molar-refractivity contribution is 6.34. The Hall–Kier alpha value is -1.63. The van der Waals surface area contributed by atoms with Crippen LogP contribution < -0.4 is 16.0 Å². The van der Waals surface area contributed by atoms with Crippen molar-refractivity contribution in [3.8, 4) is 0 Å². The highest BCUT2D eigenvalue weighted by Crippen LogP contribution is 2.31. The van der Waals surface area contributed by atoms with Gasteiger partial charge in [-0.1, -0.05) is 18.5 Å². The van der Waals surface area contributed by atoms with Gasteiger partial charge < -0.3 is 20.7 Å². The third-order valence-corrected chi connectivity index (χ3v) is 5.58. The molecule has 1 aliphatic rings. The van der Waals surface area contributed by atoms with Gasteiger partial charge in [-0.05, 0) is 64.4 Å². The molecule has 2 amide bonds. The molecule has 0 spiro atoms. The van der Waals surface area contributed by atoms with E-state index in [1.165, 1.54) is 0 Å². The van der Waals surface area contributed by atoms with Gasteiger partial charge >= 0.3 is 0 Å². The number of hydrogen-bond donors (Lipinski definition) is 3. The van der Waals surface area contributed by atoms with Crippen LogP contribution >= 0.6 is 11.6 Å². The Kier molecular flexibility index (Phi) is 7.25. The number of nitrogens with one attached hydrogen (secondary N) is 3. The molecule has 0 aromatic heterocycles. The molecule has 27 heavy (non-hydrogen) atoms. The van der Waals surface area contributed by atoms with Gasteiger partial charge in [0.15, 0.2) is 0 Å². The van der Waals surface area contributed by atoms with Crippen LogP contribution in [0.4, 0.5) is 5.69 Å². The van der Waals surface area contributed by atoms with Crippen molar-refractivity contribution in [2.75, 3.05) is 32.1 Å². The SMILES string of the molecule is CCC(C)(C)NC(=O)c1ccc(NC(=O)C2(COC)CCNCC2)cc1Cl. The molecular formula is C20H30ClN3O3. The summed E-state index contributed by atoms with van der Waals surface area (Å²) in [6.07, 6.45) is 2.24. The summed E-state index contributed by atoms with van der Waals surface area (Å²) in [7, 11) is 1.61. The number of anilines is 1. The van der Waals surface area contributed by atoms with Crippen molar-refractivity contribution in [2.45, 2.75) is 45.6 Å². The van der Waals surface area contributed by atoms with Gasteiger partial charge in [-0.2, -0.15) is 0 Å². The first-order valence-corrected chi connectivity index (χ1v) is 9.74. The summed E-state index contributed by atoms with van der Waals surface area (Å²) >= 11 is 6.31. The number of piperidine rings is 1. The predicted octanol–water partition coefficient (Wildman–Crippen LogP) is 3.21. The lowest BCUT2D eigenvalue weighted by Gasteiger charge is -2.35. The number of carbonyl (C=O) groups excluding carboxylic acids is 2. The number of halogens is 1. The summed E-state index contributed by atoms with van der Waals surface area (Å²) < 4.78 is 5.31. The minimum atomic E-state index is -0.548. The van der Waals surface area contributed by atoms with Gasteiger partial charge in [0, 0.05) is 18.3 Å². The van der Waals surface area contributed by atoms with Gasteiger partial charge in [0.2, 0.25) is 5.91 Å². The second kappa shape index (κ2) is 9.04. The van der Waals surface area contributed by atoms with Crippen molar-refractivity contribution in [1.82, 2.24) is 10.6 Å². The molecule has 0 aliphatic carbocycles. The minimum absolute atomic E-state index is 0.0776. The smallest absolute Gasteiger partial charge is 0.253 e. The monoisotopic (exact) mass is 395 g/mol. The average Bonchev–Trinajstić information content (AvgIpc) is 2.62. The van der Waals surface area contributed by atoms with Gasteiger partial charge in [0.05, 0.1) is 22.6 Å². The zero-order valence-electron chi connectivity index (χ0n) is 16.6. The van der Waals surface area contributed by atoms with Crippen molar-refractivity contribution in [2.24, 2.45) is 5.41 Å². The molecule has 150 valence electrons. The standard InChI is InChI=1S/C20H30ClN3O3/c1-5-19(2,3)24-17(25)15-7-6-14(12-16(15)21)23-18(26)20(13-27-4)8-10-22-11-9-20/h6-7,12,22H,5,8-11,13H2,1-4H3,(H,23,26)(H,24,25). The lowest BCUT2D eigenvalue weighted by molar-refractivity contribution is -0.130. The molecule has 2 rings (SSSR count). The zero-order valence-corrected chi connectivity index (χ0v) is 17.3. The predicted molar refractivity (Wildman–Crippen MR) is 108 cm³/mol. The molecule has 1 heterocycles. The van der Waals surface area contributed by atoms with E-state index in [1.807, 2.05) is 20.8 Å². The number of rotatable bonds is 7. The number of hydrogen-bond acceptors (Lipinski definition) is 4. The second-order valence-electron chi connectivity index (χ2n) is 7.80. The Labute approximate surface area is 166 Å². The quantitative estimate of drug-likeness (QED) is 0.662. The molecule has 1 aliphatic heterocycles. The summed E-state index contributed by atoms with van der Waals surface area (Å²) in [5.74, 6) is -0.301. The van der Waals surface area contributed by atoms with Crippen molar-refractivity contribution in [1.29, 1.82) is 0 Å². The van der Waals surface area contributed by atoms with E-state index < -0.39 is 5.41 Å². The van der Waals surface area contributed by atoms with E-state index >= 15 is 0 Å². The third kappa shape index (κ3) is 5.43. The zero-order chi connectivity index (χ0) is 20.1. The Morgan fingerprint density at radius 3 is 2.52 bits per heavy atom. The minimum Gasteiger partial charge on any atom is -0.384 e. The topological polar surface area (TPSA) is 79.5 Å². The number of benzene rings is 1. The molecule has 0 radical (unpaired) electrons. The van der Waals surface area contributed by atoms with E-state index in [9.17, 15) is 9.59 Å². The molecule has 3 N–H and O–H groups in total. The van der Waals surface area contributed by atoms with Gasteiger partial charge in [-0.25, -0.2) is 0 Å². The third-order valence-electron chi connectivity index (χ3n) is 5.27. The van der Waals surface area contributed by atoms with E-state index in [0.29, 0.717) is 35.7 Å². The highest BCUT2D eigenvalue weighted by Gasteiger charge is 2.39. The first-order valence-electron chi connectivity index (χ1n) is 9.36. The molecule has 1 fully saturated rings. The fraction of sp³-hybridized carbons (Fsp3) is 0.600. The van der Waals surface area contributed by atoms with Crippen LogP contribution in [0.25, 0.3) is 0 Å². The maximum Gasteiger partial charge on any atom is 0.253 e. The largest absolute Gasteiger partial charge is 0.384 e. The molecule has 0 atom stereocenters. The molecule has 0 saturated carbocycles. The van der Waals surface area contributed by atoms with Crippen molar-refractivity contribution >= 4 is 29.1 Å². The Morgan fingerprint density at radius 1 is 1.30 bits per heavy atom. The average molecular weight is 396 g/mol. The first-order chi connectivity index (χ1) is 12.7. The normalized spacial score (nSPS) is 16.6. The molecule has 6 nitrogen and oxygen atoms in total.